The molecule has 5 nitrogen and oxygen atoms in total. The SMILES string of the molecule is CCC(C)C(=O)OC1(C)C(C)CC2CCCC1C2.CCOC(=O)Oc1ccc(C(C)CC)cc1. The monoisotopic (exact) mass is 474 g/mol. The second-order valence-electron chi connectivity index (χ2n) is 10.4. The molecule has 1 aromatic carbocycles. The maximum absolute atomic E-state index is 12.1. The predicted molar refractivity (Wildman–Crippen MR) is 136 cm³/mol. The number of esters is 1. The topological polar surface area (TPSA) is 61.8 Å². The van der Waals surface area contributed by atoms with Gasteiger partial charge in [0.15, 0.2) is 0 Å². The van der Waals surface area contributed by atoms with Gasteiger partial charge >= 0.3 is 12.1 Å². The van der Waals surface area contributed by atoms with Crippen molar-refractivity contribution in [2.45, 2.75) is 105 Å². The zero-order valence-corrected chi connectivity index (χ0v) is 22.4. The van der Waals surface area contributed by atoms with Gasteiger partial charge in [-0.2, -0.15) is 0 Å². The average Bonchev–Trinajstić information content (AvgIpc) is 2.83. The Bertz CT molecular complexity index is 771. The fraction of sp³-hybridized carbons (Fsp3) is 0.724. The average molecular weight is 475 g/mol. The Hall–Kier alpha value is -2.04. The van der Waals surface area contributed by atoms with E-state index in [1.807, 2.05) is 19.1 Å². The molecule has 34 heavy (non-hydrogen) atoms. The van der Waals surface area contributed by atoms with E-state index in [1.165, 1.54) is 37.7 Å². The number of carbonyl (C=O) groups excluding carboxylic acids is 2. The Morgan fingerprint density at radius 2 is 1.71 bits per heavy atom. The summed E-state index contributed by atoms with van der Waals surface area (Å²) >= 11 is 0. The van der Waals surface area contributed by atoms with Crippen LogP contribution in [0.1, 0.15) is 105 Å². The van der Waals surface area contributed by atoms with Crippen molar-refractivity contribution in [3.63, 3.8) is 0 Å². The van der Waals surface area contributed by atoms with Gasteiger partial charge in [0.25, 0.3) is 0 Å². The summed E-state index contributed by atoms with van der Waals surface area (Å²) in [4.78, 5) is 23.2. The minimum Gasteiger partial charge on any atom is -0.459 e. The summed E-state index contributed by atoms with van der Waals surface area (Å²) in [6.07, 6.45) is 7.77. The molecule has 2 aliphatic carbocycles. The maximum Gasteiger partial charge on any atom is 0.513 e. The highest BCUT2D eigenvalue weighted by Gasteiger charge is 2.49. The van der Waals surface area contributed by atoms with Gasteiger partial charge in [-0.25, -0.2) is 4.79 Å². The zero-order chi connectivity index (χ0) is 25.3. The van der Waals surface area contributed by atoms with Gasteiger partial charge < -0.3 is 14.2 Å². The van der Waals surface area contributed by atoms with E-state index >= 15 is 0 Å². The number of rotatable bonds is 7. The molecule has 0 heterocycles. The van der Waals surface area contributed by atoms with Crippen molar-refractivity contribution in [3.8, 4) is 5.75 Å². The molecule has 192 valence electrons. The van der Waals surface area contributed by atoms with E-state index in [9.17, 15) is 9.59 Å². The van der Waals surface area contributed by atoms with Crippen LogP contribution >= 0.6 is 0 Å². The molecule has 2 saturated carbocycles. The first-order chi connectivity index (χ1) is 16.1. The van der Waals surface area contributed by atoms with Crippen molar-refractivity contribution >= 4 is 12.1 Å². The number of carbonyl (C=O) groups is 2. The quantitative estimate of drug-likeness (QED) is 0.297. The van der Waals surface area contributed by atoms with Crippen LogP contribution in [0, 0.1) is 23.7 Å². The van der Waals surface area contributed by atoms with E-state index in [2.05, 4.69) is 39.4 Å². The summed E-state index contributed by atoms with van der Waals surface area (Å²) in [5, 5.41) is 0. The molecule has 2 bridgehead atoms. The minimum absolute atomic E-state index is 0.0101. The standard InChI is InChI=1S/C16H28O2.C13H18O3/c1-5-11(2)15(17)18-16(4)12(3)9-13-7-6-8-14(16)10-13;1-4-10(3)11-6-8-12(9-7-11)16-13(14)15-5-2/h11-14H,5-10H2,1-4H3;6-10H,4-5H2,1-3H3. The molecule has 3 rings (SSSR count). The minimum atomic E-state index is -0.654. The summed E-state index contributed by atoms with van der Waals surface area (Å²) in [7, 11) is 0. The smallest absolute Gasteiger partial charge is 0.459 e. The van der Waals surface area contributed by atoms with Crippen molar-refractivity contribution in [2.24, 2.45) is 23.7 Å². The lowest BCUT2D eigenvalue weighted by atomic mass is 9.60. The molecule has 5 heteroatoms. The van der Waals surface area contributed by atoms with E-state index in [0.717, 1.165) is 18.8 Å². The summed E-state index contributed by atoms with van der Waals surface area (Å²) in [6, 6.07) is 7.53. The molecule has 0 spiro atoms. The van der Waals surface area contributed by atoms with E-state index < -0.39 is 6.16 Å². The molecule has 0 aliphatic heterocycles. The lowest BCUT2D eigenvalue weighted by Crippen LogP contribution is -2.51. The Balaban J connectivity index is 0.000000242. The first-order valence-electron chi connectivity index (χ1n) is 13.3. The number of hydrogen-bond donors (Lipinski definition) is 0. The number of hydrogen-bond acceptors (Lipinski definition) is 5. The second-order valence-corrected chi connectivity index (χ2v) is 10.4. The van der Waals surface area contributed by atoms with E-state index in [1.54, 1.807) is 19.1 Å². The molecule has 6 atom stereocenters. The van der Waals surface area contributed by atoms with Gasteiger partial charge in [0, 0.05) is 0 Å². The van der Waals surface area contributed by atoms with Crippen molar-refractivity contribution in [1.29, 1.82) is 0 Å². The zero-order valence-electron chi connectivity index (χ0n) is 22.4. The molecule has 2 fully saturated rings. The Morgan fingerprint density at radius 3 is 2.29 bits per heavy atom. The third kappa shape index (κ3) is 7.48. The van der Waals surface area contributed by atoms with Gasteiger partial charge in [-0.3, -0.25) is 4.79 Å². The van der Waals surface area contributed by atoms with E-state index in [4.69, 9.17) is 9.47 Å². The Kier molecular flexibility index (Phi) is 10.9. The summed E-state index contributed by atoms with van der Waals surface area (Å²) in [6.45, 7) is 14.9. The van der Waals surface area contributed by atoms with Crippen molar-refractivity contribution in [2.75, 3.05) is 6.61 Å². The third-order valence-electron chi connectivity index (χ3n) is 8.12. The molecule has 1 aromatic rings. The van der Waals surface area contributed by atoms with Gasteiger partial charge in [0.05, 0.1) is 12.5 Å². The molecule has 2 aliphatic rings. The fourth-order valence-corrected chi connectivity index (χ4v) is 5.17. The van der Waals surface area contributed by atoms with Crippen LogP contribution in [-0.4, -0.2) is 24.3 Å². The van der Waals surface area contributed by atoms with Crippen LogP contribution in [0.4, 0.5) is 4.79 Å². The summed E-state index contributed by atoms with van der Waals surface area (Å²) in [5.74, 6) is 3.07. The highest BCUT2D eigenvalue weighted by atomic mass is 16.7. The number of benzene rings is 1. The van der Waals surface area contributed by atoms with Gasteiger partial charge in [0.2, 0.25) is 0 Å². The third-order valence-corrected chi connectivity index (χ3v) is 8.12. The van der Waals surface area contributed by atoms with Crippen LogP contribution in [-0.2, 0) is 14.3 Å². The van der Waals surface area contributed by atoms with Gasteiger partial charge in [-0.05, 0) is 87.3 Å². The normalized spacial score (nSPS) is 27.4. The van der Waals surface area contributed by atoms with Crippen LogP contribution < -0.4 is 4.74 Å². The molecule has 0 saturated heterocycles. The first kappa shape index (κ1) is 28.2. The summed E-state index contributed by atoms with van der Waals surface area (Å²) in [5.41, 5.74) is 1.04. The molecule has 6 unspecified atom stereocenters. The van der Waals surface area contributed by atoms with Gasteiger partial charge in [0.1, 0.15) is 11.4 Å². The van der Waals surface area contributed by atoms with E-state index in [0.29, 0.717) is 30.1 Å². The molecule has 0 amide bonds. The molecular weight excluding hydrogens is 428 g/mol. The Morgan fingerprint density at radius 1 is 1.03 bits per heavy atom. The second kappa shape index (κ2) is 13.2. The lowest BCUT2D eigenvalue weighted by Gasteiger charge is -2.51. The van der Waals surface area contributed by atoms with Crippen molar-refractivity contribution < 1.29 is 23.8 Å². The highest BCUT2D eigenvalue weighted by molar-refractivity contribution is 5.72. The van der Waals surface area contributed by atoms with Crippen LogP contribution in [0.5, 0.6) is 5.75 Å². The first-order valence-corrected chi connectivity index (χ1v) is 13.3. The largest absolute Gasteiger partial charge is 0.513 e. The predicted octanol–water partition coefficient (Wildman–Crippen LogP) is 7.92. The van der Waals surface area contributed by atoms with Crippen molar-refractivity contribution in [3.05, 3.63) is 29.8 Å². The Labute approximate surface area is 206 Å². The molecule has 0 radical (unpaired) electrons. The van der Waals surface area contributed by atoms with E-state index in [-0.39, 0.29) is 17.5 Å². The number of ether oxygens (including phenoxy) is 3. The van der Waals surface area contributed by atoms with Crippen LogP contribution in [0.15, 0.2) is 24.3 Å². The van der Waals surface area contributed by atoms with Crippen LogP contribution in [0.3, 0.4) is 0 Å². The lowest BCUT2D eigenvalue weighted by molar-refractivity contribution is -0.186. The van der Waals surface area contributed by atoms with Crippen LogP contribution in [0.2, 0.25) is 0 Å². The van der Waals surface area contributed by atoms with Crippen LogP contribution in [0.25, 0.3) is 0 Å². The molecular formula is C29H46O5. The number of fused-ring (bicyclic) bond motifs is 2. The van der Waals surface area contributed by atoms with Crippen molar-refractivity contribution in [1.82, 2.24) is 0 Å². The summed E-state index contributed by atoms with van der Waals surface area (Å²) < 4.78 is 15.6. The maximum atomic E-state index is 12.1. The van der Waals surface area contributed by atoms with Gasteiger partial charge in [-0.1, -0.05) is 59.6 Å². The van der Waals surface area contributed by atoms with Gasteiger partial charge in [-0.15, -0.1) is 0 Å². The fourth-order valence-electron chi connectivity index (χ4n) is 5.17. The molecule has 0 aromatic heterocycles. The highest BCUT2D eigenvalue weighted by Crippen LogP contribution is 2.50. The molecule has 0 N–H and O–H groups in total.